The second-order valence-corrected chi connectivity index (χ2v) is 6.90. The van der Waals surface area contributed by atoms with E-state index in [9.17, 15) is 8.42 Å². The number of rotatable bonds is 6. The van der Waals surface area contributed by atoms with Crippen molar-refractivity contribution in [3.63, 3.8) is 0 Å². The maximum Gasteiger partial charge on any atom is 0.215 e. The first-order valence-corrected chi connectivity index (χ1v) is 7.75. The second-order valence-electron chi connectivity index (χ2n) is 4.77. The molecule has 0 aromatic carbocycles. The van der Waals surface area contributed by atoms with E-state index in [1.54, 1.807) is 14.0 Å². The fourth-order valence-electron chi connectivity index (χ4n) is 2.08. The van der Waals surface area contributed by atoms with Crippen molar-refractivity contribution < 1.29 is 13.2 Å². The number of sulfonamides is 1. The number of hydrogen-bond acceptors (Lipinski definition) is 4. The fraction of sp³-hybridized carbons (Fsp3) is 1.00. The van der Waals surface area contributed by atoms with Crippen LogP contribution in [0.1, 0.15) is 26.7 Å². The third-order valence-electron chi connectivity index (χ3n) is 3.34. The zero-order chi connectivity index (χ0) is 12.9. The Morgan fingerprint density at radius 1 is 1.29 bits per heavy atom. The van der Waals surface area contributed by atoms with Gasteiger partial charge in [0.05, 0.1) is 5.25 Å². The molecule has 1 aliphatic heterocycles. The number of nitrogens with one attached hydrogen (secondary N) is 2. The van der Waals surface area contributed by atoms with E-state index in [1.807, 2.05) is 6.92 Å². The van der Waals surface area contributed by atoms with Gasteiger partial charge in [0.15, 0.2) is 0 Å². The van der Waals surface area contributed by atoms with Crippen molar-refractivity contribution in [2.24, 2.45) is 5.92 Å². The highest BCUT2D eigenvalue weighted by Gasteiger charge is 2.27. The molecule has 17 heavy (non-hydrogen) atoms. The summed E-state index contributed by atoms with van der Waals surface area (Å²) in [4.78, 5) is 0. The summed E-state index contributed by atoms with van der Waals surface area (Å²) in [6.07, 6.45) is 1.87. The van der Waals surface area contributed by atoms with E-state index in [0.717, 1.165) is 26.1 Å². The lowest BCUT2D eigenvalue weighted by molar-refractivity contribution is 0.0585. The Balaban J connectivity index is 2.51. The second kappa shape index (κ2) is 6.68. The average molecular weight is 264 g/mol. The molecule has 0 aliphatic carbocycles. The zero-order valence-corrected chi connectivity index (χ0v) is 11.7. The predicted molar refractivity (Wildman–Crippen MR) is 68.4 cm³/mol. The minimum absolute atomic E-state index is 0.0109. The first-order valence-electron chi connectivity index (χ1n) is 6.21. The number of hydrogen-bond donors (Lipinski definition) is 2. The first kappa shape index (κ1) is 14.9. The summed E-state index contributed by atoms with van der Waals surface area (Å²) in [6, 6.07) is -0.0109. The molecule has 0 aromatic heterocycles. The van der Waals surface area contributed by atoms with Crippen molar-refractivity contribution >= 4 is 10.0 Å². The fourth-order valence-corrected chi connectivity index (χ4v) is 3.41. The van der Waals surface area contributed by atoms with E-state index < -0.39 is 15.3 Å². The summed E-state index contributed by atoms with van der Waals surface area (Å²) in [5.41, 5.74) is 0. The smallest absolute Gasteiger partial charge is 0.215 e. The van der Waals surface area contributed by atoms with Crippen LogP contribution in [0.15, 0.2) is 0 Å². The average Bonchev–Trinajstić information content (AvgIpc) is 2.30. The quantitative estimate of drug-likeness (QED) is 0.725. The molecule has 1 heterocycles. The third-order valence-corrected chi connectivity index (χ3v) is 5.27. The van der Waals surface area contributed by atoms with Crippen LogP contribution < -0.4 is 10.0 Å². The normalized spacial score (nSPS) is 22.3. The molecule has 1 rings (SSSR count). The van der Waals surface area contributed by atoms with Crippen LogP contribution in [0.5, 0.6) is 0 Å². The van der Waals surface area contributed by atoms with Crippen LogP contribution >= 0.6 is 0 Å². The van der Waals surface area contributed by atoms with Crippen LogP contribution in [0.25, 0.3) is 0 Å². The van der Waals surface area contributed by atoms with E-state index >= 15 is 0 Å². The molecule has 0 spiro atoms. The van der Waals surface area contributed by atoms with Crippen molar-refractivity contribution in [3.05, 3.63) is 0 Å². The van der Waals surface area contributed by atoms with Gasteiger partial charge in [-0.1, -0.05) is 0 Å². The van der Waals surface area contributed by atoms with Crippen molar-refractivity contribution in [3.8, 4) is 0 Å². The molecule has 2 atom stereocenters. The summed E-state index contributed by atoms with van der Waals surface area (Å²) in [6.45, 7) is 5.61. The lowest BCUT2D eigenvalue weighted by Crippen LogP contribution is -2.45. The maximum atomic E-state index is 12.0. The van der Waals surface area contributed by atoms with Gasteiger partial charge in [0.2, 0.25) is 10.0 Å². The van der Waals surface area contributed by atoms with Gasteiger partial charge in [-0.05, 0) is 39.7 Å². The summed E-state index contributed by atoms with van der Waals surface area (Å²) < 4.78 is 32.0. The van der Waals surface area contributed by atoms with Gasteiger partial charge >= 0.3 is 0 Å². The Bertz CT molecular complexity index is 313. The molecular formula is C11H24N2O3S. The summed E-state index contributed by atoms with van der Waals surface area (Å²) in [5, 5.41) is 2.48. The van der Waals surface area contributed by atoms with E-state index in [1.165, 1.54) is 0 Å². The van der Waals surface area contributed by atoms with Gasteiger partial charge in [-0.2, -0.15) is 0 Å². The van der Waals surface area contributed by atoms with Crippen molar-refractivity contribution in [2.75, 3.05) is 26.8 Å². The van der Waals surface area contributed by atoms with Crippen LogP contribution in [0.2, 0.25) is 0 Å². The molecule has 2 N–H and O–H groups in total. The standard InChI is InChI=1S/C11H24N2O3S/c1-9(8-12-3)17(14,15)13-10(2)11-4-6-16-7-5-11/h9-13H,4-8H2,1-3H3. The summed E-state index contributed by atoms with van der Waals surface area (Å²) in [5.74, 6) is 0.389. The van der Waals surface area contributed by atoms with Crippen LogP contribution in [0, 0.1) is 5.92 Å². The molecule has 0 radical (unpaired) electrons. The van der Waals surface area contributed by atoms with Crippen LogP contribution in [0.4, 0.5) is 0 Å². The Morgan fingerprint density at radius 3 is 2.41 bits per heavy atom. The van der Waals surface area contributed by atoms with Gasteiger partial charge in [-0.3, -0.25) is 0 Å². The molecule has 1 saturated heterocycles. The van der Waals surface area contributed by atoms with Gasteiger partial charge in [-0.25, -0.2) is 13.1 Å². The molecule has 0 saturated carbocycles. The molecule has 6 heteroatoms. The van der Waals surface area contributed by atoms with Gasteiger partial charge in [0, 0.05) is 25.8 Å². The van der Waals surface area contributed by atoms with Gasteiger partial charge in [-0.15, -0.1) is 0 Å². The number of ether oxygens (including phenoxy) is 1. The highest BCUT2D eigenvalue weighted by Crippen LogP contribution is 2.19. The topological polar surface area (TPSA) is 67.4 Å². The van der Waals surface area contributed by atoms with Crippen LogP contribution in [0.3, 0.4) is 0 Å². The van der Waals surface area contributed by atoms with Crippen LogP contribution in [-0.4, -0.2) is 46.5 Å². The van der Waals surface area contributed by atoms with Crippen molar-refractivity contribution in [2.45, 2.75) is 38.0 Å². The monoisotopic (exact) mass is 264 g/mol. The first-order chi connectivity index (χ1) is 7.97. The van der Waals surface area contributed by atoms with Crippen molar-refractivity contribution in [1.82, 2.24) is 10.0 Å². The summed E-state index contributed by atoms with van der Waals surface area (Å²) in [7, 11) is -1.47. The molecule has 2 unspecified atom stereocenters. The molecule has 0 amide bonds. The minimum Gasteiger partial charge on any atom is -0.381 e. The Labute approximate surface area is 104 Å². The lowest BCUT2D eigenvalue weighted by atomic mass is 9.94. The zero-order valence-electron chi connectivity index (χ0n) is 10.9. The largest absolute Gasteiger partial charge is 0.381 e. The molecule has 0 bridgehead atoms. The lowest BCUT2D eigenvalue weighted by Gasteiger charge is -2.29. The highest BCUT2D eigenvalue weighted by molar-refractivity contribution is 7.90. The maximum absolute atomic E-state index is 12.0. The molecule has 102 valence electrons. The Hall–Kier alpha value is -0.170. The minimum atomic E-state index is -3.22. The molecule has 0 aromatic rings. The van der Waals surface area contributed by atoms with Gasteiger partial charge in [0.1, 0.15) is 0 Å². The third kappa shape index (κ3) is 4.54. The predicted octanol–water partition coefficient (Wildman–Crippen LogP) is 0.329. The van der Waals surface area contributed by atoms with Gasteiger partial charge < -0.3 is 10.1 Å². The molecule has 1 aliphatic rings. The SMILES string of the molecule is CNCC(C)S(=O)(=O)NC(C)C1CCOCC1. The van der Waals surface area contributed by atoms with E-state index in [0.29, 0.717) is 12.5 Å². The van der Waals surface area contributed by atoms with E-state index in [4.69, 9.17) is 4.74 Å². The molecule has 5 nitrogen and oxygen atoms in total. The van der Waals surface area contributed by atoms with Crippen molar-refractivity contribution in [1.29, 1.82) is 0 Å². The Morgan fingerprint density at radius 2 is 1.88 bits per heavy atom. The van der Waals surface area contributed by atoms with E-state index in [-0.39, 0.29) is 6.04 Å². The molecule has 1 fully saturated rings. The van der Waals surface area contributed by atoms with Crippen LogP contribution in [-0.2, 0) is 14.8 Å². The molecular weight excluding hydrogens is 240 g/mol. The van der Waals surface area contributed by atoms with Gasteiger partial charge in [0.25, 0.3) is 0 Å². The summed E-state index contributed by atoms with van der Waals surface area (Å²) >= 11 is 0. The Kier molecular flexibility index (Phi) is 5.85. The van der Waals surface area contributed by atoms with E-state index in [2.05, 4.69) is 10.0 Å². The highest BCUT2D eigenvalue weighted by atomic mass is 32.2.